The van der Waals surface area contributed by atoms with E-state index in [2.05, 4.69) is 53.1 Å². The van der Waals surface area contributed by atoms with E-state index < -0.39 is 0 Å². The number of aliphatic imine (C=N–C) groups is 1. The summed E-state index contributed by atoms with van der Waals surface area (Å²) in [7, 11) is 3.96. The van der Waals surface area contributed by atoms with Gasteiger partial charge in [-0.2, -0.15) is 0 Å². The second-order valence-electron chi connectivity index (χ2n) is 8.02. The van der Waals surface area contributed by atoms with Crippen LogP contribution in [0.15, 0.2) is 29.3 Å². The number of benzene rings is 1. The number of nitrogens with one attached hydrogen (secondary N) is 1. The van der Waals surface area contributed by atoms with E-state index in [0.29, 0.717) is 12.5 Å². The number of halogens is 1. The van der Waals surface area contributed by atoms with E-state index in [1.807, 2.05) is 26.1 Å². The van der Waals surface area contributed by atoms with Crippen LogP contribution < -0.4 is 10.1 Å². The zero-order valence-corrected chi connectivity index (χ0v) is 20.6. The summed E-state index contributed by atoms with van der Waals surface area (Å²) >= 11 is 0. The third kappa shape index (κ3) is 8.55. The van der Waals surface area contributed by atoms with Crippen molar-refractivity contribution in [3.05, 3.63) is 29.8 Å². The Labute approximate surface area is 188 Å². The second-order valence-corrected chi connectivity index (χ2v) is 8.02. The summed E-state index contributed by atoms with van der Waals surface area (Å²) < 4.78 is 5.52. The molecule has 28 heavy (non-hydrogen) atoms. The Hall–Kier alpha value is -1.02. The SMILES string of the molecule is CCOc1ccc(CN(C)C(=NC)NCC2CCCN(CC(C)C)C2)cc1.I. The highest BCUT2D eigenvalue weighted by molar-refractivity contribution is 14.0. The molecule has 5 nitrogen and oxygen atoms in total. The zero-order chi connectivity index (χ0) is 19.6. The van der Waals surface area contributed by atoms with Gasteiger partial charge in [-0.3, -0.25) is 4.99 Å². The topological polar surface area (TPSA) is 40.1 Å². The quantitative estimate of drug-likeness (QED) is 0.331. The van der Waals surface area contributed by atoms with Crippen molar-refractivity contribution in [3.63, 3.8) is 0 Å². The van der Waals surface area contributed by atoms with Crippen molar-refractivity contribution in [3.8, 4) is 5.75 Å². The lowest BCUT2D eigenvalue weighted by molar-refractivity contribution is 0.159. The molecule has 0 saturated carbocycles. The summed E-state index contributed by atoms with van der Waals surface area (Å²) in [6.07, 6.45) is 2.61. The van der Waals surface area contributed by atoms with Crippen LogP contribution in [0.2, 0.25) is 0 Å². The summed E-state index contributed by atoms with van der Waals surface area (Å²) in [5, 5.41) is 3.59. The fraction of sp³-hybridized carbons (Fsp3) is 0.682. The van der Waals surface area contributed by atoms with Crippen LogP contribution in [-0.2, 0) is 6.54 Å². The third-order valence-corrected chi connectivity index (χ3v) is 5.00. The number of hydrogen-bond acceptors (Lipinski definition) is 3. The Kier molecular flexibility index (Phi) is 11.8. The Balaban J connectivity index is 0.00000392. The van der Waals surface area contributed by atoms with E-state index in [9.17, 15) is 0 Å². The molecule has 160 valence electrons. The van der Waals surface area contributed by atoms with Crippen molar-refractivity contribution < 1.29 is 4.74 Å². The van der Waals surface area contributed by atoms with Crippen molar-refractivity contribution in [1.82, 2.24) is 15.1 Å². The number of rotatable bonds is 8. The van der Waals surface area contributed by atoms with E-state index in [1.165, 1.54) is 38.0 Å². The molecule has 1 N–H and O–H groups in total. The highest BCUT2D eigenvalue weighted by atomic mass is 127. The largest absolute Gasteiger partial charge is 0.494 e. The first-order chi connectivity index (χ1) is 13.0. The van der Waals surface area contributed by atoms with Crippen LogP contribution in [-0.4, -0.2) is 62.6 Å². The molecule has 6 heteroatoms. The maximum Gasteiger partial charge on any atom is 0.193 e. The molecule has 1 saturated heterocycles. The minimum Gasteiger partial charge on any atom is -0.494 e. The van der Waals surface area contributed by atoms with Crippen molar-refractivity contribution in [2.24, 2.45) is 16.8 Å². The molecule has 0 spiro atoms. The summed E-state index contributed by atoms with van der Waals surface area (Å²) in [6.45, 7) is 12.8. The van der Waals surface area contributed by atoms with Gasteiger partial charge >= 0.3 is 0 Å². The van der Waals surface area contributed by atoms with Crippen LogP contribution in [0.3, 0.4) is 0 Å². The van der Waals surface area contributed by atoms with Gasteiger partial charge in [0.1, 0.15) is 5.75 Å². The number of ether oxygens (including phenoxy) is 1. The molecular formula is C22H39IN4O. The lowest BCUT2D eigenvalue weighted by Crippen LogP contribution is -2.45. The van der Waals surface area contributed by atoms with Crippen LogP contribution in [0.1, 0.15) is 39.2 Å². The van der Waals surface area contributed by atoms with Gasteiger partial charge in [0.15, 0.2) is 5.96 Å². The molecule has 0 bridgehead atoms. The standard InChI is InChI=1S/C22H38N4O.HI/c1-6-27-21-11-9-19(10-12-21)16-25(5)22(23-4)24-14-20-8-7-13-26(17-20)15-18(2)3;/h9-12,18,20H,6-8,13-17H2,1-5H3,(H,23,24);1H. The van der Waals surface area contributed by atoms with Gasteiger partial charge in [0, 0.05) is 40.3 Å². The molecule has 1 unspecified atom stereocenters. The summed E-state index contributed by atoms with van der Waals surface area (Å²) in [4.78, 5) is 9.28. The van der Waals surface area contributed by atoms with Gasteiger partial charge in [0.05, 0.1) is 6.61 Å². The molecule has 2 rings (SSSR count). The molecular weight excluding hydrogens is 463 g/mol. The number of guanidine groups is 1. The summed E-state index contributed by atoms with van der Waals surface area (Å²) in [6, 6.07) is 8.32. The van der Waals surface area contributed by atoms with Gasteiger partial charge in [-0.05, 0) is 55.8 Å². The maximum atomic E-state index is 5.52. The number of piperidine rings is 1. The lowest BCUT2D eigenvalue weighted by Gasteiger charge is -2.34. The van der Waals surface area contributed by atoms with Crippen LogP contribution in [0.5, 0.6) is 5.75 Å². The van der Waals surface area contributed by atoms with Crippen molar-refractivity contribution in [2.75, 3.05) is 46.9 Å². The van der Waals surface area contributed by atoms with E-state index in [1.54, 1.807) is 0 Å². The Morgan fingerprint density at radius 2 is 2.04 bits per heavy atom. The maximum absolute atomic E-state index is 5.52. The monoisotopic (exact) mass is 502 g/mol. The number of likely N-dealkylation sites (tertiary alicyclic amines) is 1. The molecule has 1 heterocycles. The molecule has 1 aromatic carbocycles. The van der Waals surface area contributed by atoms with Crippen molar-refractivity contribution >= 4 is 29.9 Å². The van der Waals surface area contributed by atoms with Gasteiger partial charge in [0.25, 0.3) is 0 Å². The second kappa shape index (κ2) is 13.2. The first-order valence-corrected chi connectivity index (χ1v) is 10.4. The predicted molar refractivity (Wildman–Crippen MR) is 130 cm³/mol. The van der Waals surface area contributed by atoms with E-state index >= 15 is 0 Å². The third-order valence-electron chi connectivity index (χ3n) is 5.00. The normalized spacial score (nSPS) is 17.9. The van der Waals surface area contributed by atoms with Crippen molar-refractivity contribution in [1.29, 1.82) is 0 Å². The summed E-state index contributed by atoms with van der Waals surface area (Å²) in [5.74, 6) is 3.33. The Morgan fingerprint density at radius 1 is 1.32 bits per heavy atom. The van der Waals surface area contributed by atoms with Crippen molar-refractivity contribution in [2.45, 2.75) is 40.2 Å². The molecule has 0 aromatic heterocycles. The molecule has 0 amide bonds. The molecule has 1 fully saturated rings. The van der Waals surface area contributed by atoms with Crippen LogP contribution >= 0.6 is 24.0 Å². The van der Waals surface area contributed by atoms with Gasteiger partial charge in [-0.25, -0.2) is 0 Å². The molecule has 0 radical (unpaired) electrons. The van der Waals surface area contributed by atoms with Gasteiger partial charge < -0.3 is 19.9 Å². The molecule has 1 atom stereocenters. The zero-order valence-electron chi connectivity index (χ0n) is 18.3. The fourth-order valence-corrected chi connectivity index (χ4v) is 3.83. The molecule has 1 aliphatic rings. The number of nitrogens with zero attached hydrogens (tertiary/aromatic N) is 3. The fourth-order valence-electron chi connectivity index (χ4n) is 3.83. The van der Waals surface area contributed by atoms with Crippen LogP contribution in [0.25, 0.3) is 0 Å². The first kappa shape index (κ1) is 25.0. The average Bonchev–Trinajstić information content (AvgIpc) is 2.64. The average molecular weight is 502 g/mol. The van der Waals surface area contributed by atoms with E-state index in [0.717, 1.165) is 30.7 Å². The minimum atomic E-state index is 0. The summed E-state index contributed by atoms with van der Waals surface area (Å²) in [5.41, 5.74) is 1.25. The number of hydrogen-bond donors (Lipinski definition) is 1. The minimum absolute atomic E-state index is 0. The van der Waals surface area contributed by atoms with Gasteiger partial charge in [-0.15, -0.1) is 24.0 Å². The van der Waals surface area contributed by atoms with Crippen LogP contribution in [0.4, 0.5) is 0 Å². The smallest absolute Gasteiger partial charge is 0.193 e. The van der Waals surface area contributed by atoms with E-state index in [4.69, 9.17) is 4.74 Å². The first-order valence-electron chi connectivity index (χ1n) is 10.4. The Morgan fingerprint density at radius 3 is 2.64 bits per heavy atom. The predicted octanol–water partition coefficient (Wildman–Crippen LogP) is 4.08. The highest BCUT2D eigenvalue weighted by Gasteiger charge is 2.21. The van der Waals surface area contributed by atoms with Crippen LogP contribution in [0, 0.1) is 11.8 Å². The van der Waals surface area contributed by atoms with Gasteiger partial charge in [-0.1, -0.05) is 26.0 Å². The lowest BCUT2D eigenvalue weighted by atomic mass is 9.97. The molecule has 0 aliphatic carbocycles. The van der Waals surface area contributed by atoms with E-state index in [-0.39, 0.29) is 24.0 Å². The Bertz CT molecular complexity index is 576. The molecule has 1 aromatic rings. The molecule has 1 aliphatic heterocycles. The highest BCUT2D eigenvalue weighted by Crippen LogP contribution is 2.17. The van der Waals surface area contributed by atoms with Gasteiger partial charge in [0.2, 0.25) is 0 Å².